The van der Waals surface area contributed by atoms with Crippen LogP contribution in [-0.4, -0.2) is 69.9 Å². The molecule has 1 saturated heterocycles. The second-order valence-electron chi connectivity index (χ2n) is 7.76. The Morgan fingerprint density at radius 2 is 1.82 bits per heavy atom. The minimum Gasteiger partial charge on any atom is -0.497 e. The Morgan fingerprint density at radius 1 is 1.18 bits per heavy atom. The van der Waals surface area contributed by atoms with E-state index in [4.69, 9.17) is 9.47 Å². The van der Waals surface area contributed by atoms with Gasteiger partial charge in [0.1, 0.15) is 5.75 Å². The van der Waals surface area contributed by atoms with Crippen LogP contribution in [0, 0.1) is 0 Å². The minimum atomic E-state index is 0.332. The molecule has 1 aromatic carbocycles. The Bertz CT molecular complexity index is 581. The summed E-state index contributed by atoms with van der Waals surface area (Å²) in [6, 6.07) is 8.33. The second kappa shape index (κ2) is 11.9. The van der Waals surface area contributed by atoms with Crippen LogP contribution in [0.15, 0.2) is 29.3 Å². The van der Waals surface area contributed by atoms with Crippen LogP contribution in [0.4, 0.5) is 0 Å². The summed E-state index contributed by atoms with van der Waals surface area (Å²) in [6.45, 7) is 11.5. The van der Waals surface area contributed by atoms with Crippen molar-refractivity contribution in [2.24, 2.45) is 4.99 Å². The standard InChI is InChI=1S/C22H38N4O2/c1-17(20-7-9-21(27-5)10-8-20)11-13-25-22(23-4)24-12-6-14-26-15-18(2)28-19(3)16-26/h7-10,17-19H,6,11-16H2,1-5H3,(H2,23,24,25). The molecule has 0 saturated carbocycles. The maximum Gasteiger partial charge on any atom is 0.190 e. The van der Waals surface area contributed by atoms with Gasteiger partial charge in [0, 0.05) is 39.8 Å². The lowest BCUT2D eigenvalue weighted by Crippen LogP contribution is -2.46. The average Bonchev–Trinajstić information content (AvgIpc) is 2.69. The highest BCUT2D eigenvalue weighted by Crippen LogP contribution is 2.21. The van der Waals surface area contributed by atoms with E-state index in [1.54, 1.807) is 7.11 Å². The average molecular weight is 391 g/mol. The number of methoxy groups -OCH3 is 1. The molecule has 3 atom stereocenters. The Hall–Kier alpha value is -1.79. The molecule has 6 nitrogen and oxygen atoms in total. The molecule has 0 radical (unpaired) electrons. The third-order valence-corrected chi connectivity index (χ3v) is 5.22. The quantitative estimate of drug-likeness (QED) is 0.386. The summed E-state index contributed by atoms with van der Waals surface area (Å²) < 4.78 is 11.0. The number of rotatable bonds is 9. The van der Waals surface area contributed by atoms with Crippen molar-refractivity contribution in [1.29, 1.82) is 0 Å². The highest BCUT2D eigenvalue weighted by Gasteiger charge is 2.21. The second-order valence-corrected chi connectivity index (χ2v) is 7.76. The lowest BCUT2D eigenvalue weighted by molar-refractivity contribution is -0.0679. The van der Waals surface area contributed by atoms with Gasteiger partial charge in [-0.25, -0.2) is 0 Å². The number of nitrogens with zero attached hydrogens (tertiary/aromatic N) is 2. The number of aliphatic imine (C=N–C) groups is 1. The molecule has 1 aliphatic heterocycles. The zero-order valence-corrected chi connectivity index (χ0v) is 18.2. The van der Waals surface area contributed by atoms with Gasteiger partial charge in [-0.15, -0.1) is 0 Å². The van der Waals surface area contributed by atoms with Gasteiger partial charge in [-0.05, 0) is 50.3 Å². The van der Waals surface area contributed by atoms with Crippen molar-refractivity contribution < 1.29 is 9.47 Å². The lowest BCUT2D eigenvalue weighted by Gasteiger charge is -2.35. The molecular weight excluding hydrogens is 352 g/mol. The normalized spacial score (nSPS) is 22.0. The molecular formula is C22H38N4O2. The monoisotopic (exact) mass is 390 g/mol. The van der Waals surface area contributed by atoms with E-state index in [1.807, 2.05) is 19.2 Å². The van der Waals surface area contributed by atoms with Gasteiger partial charge in [0.2, 0.25) is 0 Å². The Labute approximate surface area is 170 Å². The van der Waals surface area contributed by atoms with E-state index in [0.717, 1.165) is 57.3 Å². The Morgan fingerprint density at radius 3 is 2.43 bits per heavy atom. The predicted molar refractivity (Wildman–Crippen MR) is 116 cm³/mol. The number of guanidine groups is 1. The van der Waals surface area contributed by atoms with Crippen molar-refractivity contribution in [1.82, 2.24) is 15.5 Å². The predicted octanol–water partition coefficient (Wildman–Crippen LogP) is 2.85. The van der Waals surface area contributed by atoms with Crippen molar-refractivity contribution in [3.63, 3.8) is 0 Å². The van der Waals surface area contributed by atoms with Crippen molar-refractivity contribution in [2.45, 2.75) is 51.7 Å². The topological polar surface area (TPSA) is 58.1 Å². The van der Waals surface area contributed by atoms with Gasteiger partial charge in [-0.1, -0.05) is 19.1 Å². The van der Waals surface area contributed by atoms with Crippen molar-refractivity contribution in [3.8, 4) is 5.75 Å². The Kier molecular flexibility index (Phi) is 9.58. The summed E-state index contributed by atoms with van der Waals surface area (Å²) in [7, 11) is 3.52. The molecule has 0 spiro atoms. The van der Waals surface area contributed by atoms with Crippen molar-refractivity contribution in [2.75, 3.05) is 46.9 Å². The van der Waals surface area contributed by atoms with E-state index in [1.165, 1.54) is 5.56 Å². The van der Waals surface area contributed by atoms with Crippen LogP contribution in [-0.2, 0) is 4.74 Å². The molecule has 1 heterocycles. The van der Waals surface area contributed by atoms with Gasteiger partial charge in [0.25, 0.3) is 0 Å². The highest BCUT2D eigenvalue weighted by atomic mass is 16.5. The minimum absolute atomic E-state index is 0.332. The van der Waals surface area contributed by atoms with E-state index in [2.05, 4.69) is 53.4 Å². The molecule has 1 aliphatic rings. The van der Waals surface area contributed by atoms with Crippen LogP contribution in [0.1, 0.15) is 45.1 Å². The third-order valence-electron chi connectivity index (χ3n) is 5.22. The van der Waals surface area contributed by atoms with E-state index in [-0.39, 0.29) is 0 Å². The molecule has 0 bridgehead atoms. The maximum absolute atomic E-state index is 5.79. The van der Waals surface area contributed by atoms with Crippen LogP contribution in [0.2, 0.25) is 0 Å². The van der Waals surface area contributed by atoms with Crippen LogP contribution in [0.25, 0.3) is 0 Å². The third kappa shape index (κ3) is 7.68. The molecule has 1 fully saturated rings. The van der Waals surface area contributed by atoms with E-state index in [9.17, 15) is 0 Å². The maximum atomic E-state index is 5.79. The number of benzene rings is 1. The van der Waals surface area contributed by atoms with Crippen molar-refractivity contribution >= 4 is 5.96 Å². The molecule has 158 valence electrons. The largest absolute Gasteiger partial charge is 0.497 e. The summed E-state index contributed by atoms with van der Waals surface area (Å²) in [4.78, 5) is 6.83. The van der Waals surface area contributed by atoms with Crippen LogP contribution < -0.4 is 15.4 Å². The molecule has 1 aromatic rings. The van der Waals surface area contributed by atoms with Gasteiger partial charge in [-0.3, -0.25) is 9.89 Å². The number of morpholine rings is 1. The fourth-order valence-corrected chi connectivity index (χ4v) is 3.70. The van der Waals surface area contributed by atoms with Gasteiger partial charge >= 0.3 is 0 Å². The zero-order chi connectivity index (χ0) is 20.4. The van der Waals surface area contributed by atoms with Crippen molar-refractivity contribution in [3.05, 3.63) is 29.8 Å². The summed E-state index contributed by atoms with van der Waals surface area (Å²) in [5.74, 6) is 2.27. The first kappa shape index (κ1) is 22.5. The molecule has 3 unspecified atom stereocenters. The van der Waals surface area contributed by atoms with Crippen LogP contribution in [0.5, 0.6) is 5.75 Å². The van der Waals surface area contributed by atoms with Gasteiger partial charge in [0.15, 0.2) is 5.96 Å². The Balaban J connectivity index is 1.61. The SMILES string of the molecule is CN=C(NCCCN1CC(C)OC(C)C1)NCCC(C)c1ccc(OC)cc1. The number of nitrogens with one attached hydrogen (secondary N) is 2. The summed E-state index contributed by atoms with van der Waals surface area (Å²) in [6.07, 6.45) is 2.82. The zero-order valence-electron chi connectivity index (χ0n) is 18.2. The summed E-state index contributed by atoms with van der Waals surface area (Å²) in [5.41, 5.74) is 1.33. The fourth-order valence-electron chi connectivity index (χ4n) is 3.70. The van der Waals surface area contributed by atoms with E-state index in [0.29, 0.717) is 18.1 Å². The van der Waals surface area contributed by atoms with Crippen LogP contribution in [0.3, 0.4) is 0 Å². The van der Waals surface area contributed by atoms with Crippen LogP contribution >= 0.6 is 0 Å². The highest BCUT2D eigenvalue weighted by molar-refractivity contribution is 5.79. The molecule has 2 N–H and O–H groups in total. The lowest BCUT2D eigenvalue weighted by atomic mass is 9.98. The molecule has 2 rings (SSSR count). The number of hydrogen-bond acceptors (Lipinski definition) is 4. The van der Waals surface area contributed by atoms with Gasteiger partial charge < -0.3 is 20.1 Å². The first-order valence-electron chi connectivity index (χ1n) is 10.5. The number of hydrogen-bond donors (Lipinski definition) is 2. The molecule has 0 amide bonds. The summed E-state index contributed by atoms with van der Waals surface area (Å²) >= 11 is 0. The van der Waals surface area contributed by atoms with E-state index < -0.39 is 0 Å². The smallest absolute Gasteiger partial charge is 0.190 e. The molecule has 0 aliphatic carbocycles. The molecule has 28 heavy (non-hydrogen) atoms. The first-order chi connectivity index (χ1) is 13.5. The van der Waals surface area contributed by atoms with Gasteiger partial charge in [-0.2, -0.15) is 0 Å². The first-order valence-corrected chi connectivity index (χ1v) is 10.5. The van der Waals surface area contributed by atoms with Gasteiger partial charge in [0.05, 0.1) is 19.3 Å². The summed E-state index contributed by atoms with van der Waals surface area (Å²) in [5, 5.41) is 6.85. The molecule has 0 aromatic heterocycles. The molecule has 6 heteroatoms. The fraction of sp³-hybridized carbons (Fsp3) is 0.682. The number of ether oxygens (including phenoxy) is 2. The van der Waals surface area contributed by atoms with E-state index >= 15 is 0 Å².